The zero-order chi connectivity index (χ0) is 34.5. The van der Waals surface area contributed by atoms with Crippen LogP contribution in [-0.2, 0) is 30.7 Å². The molecule has 3 amide bonds. The lowest BCUT2D eigenvalue weighted by Gasteiger charge is -2.45. The molecule has 9 nitrogen and oxygen atoms in total. The van der Waals surface area contributed by atoms with Gasteiger partial charge in [-0.05, 0) is 79.5 Å². The number of halogens is 1. The first kappa shape index (κ1) is 34.2. The van der Waals surface area contributed by atoms with Gasteiger partial charge in [-0.3, -0.25) is 14.7 Å². The van der Waals surface area contributed by atoms with Gasteiger partial charge in [-0.25, -0.2) is 9.78 Å². The highest BCUT2D eigenvalue weighted by molar-refractivity contribution is 6.30. The molecule has 1 aliphatic heterocycles. The fourth-order valence-electron chi connectivity index (χ4n) is 8.07. The van der Waals surface area contributed by atoms with Gasteiger partial charge in [0, 0.05) is 62.7 Å². The van der Waals surface area contributed by atoms with Crippen LogP contribution in [0.4, 0.5) is 4.79 Å². The maximum Gasteiger partial charge on any atom is 0.318 e. The van der Waals surface area contributed by atoms with Gasteiger partial charge in [0.25, 0.3) is 0 Å². The van der Waals surface area contributed by atoms with Gasteiger partial charge in [0.2, 0.25) is 5.91 Å². The molecule has 0 radical (unpaired) electrons. The molecule has 2 aromatic heterocycles. The summed E-state index contributed by atoms with van der Waals surface area (Å²) in [7, 11) is 0. The van der Waals surface area contributed by atoms with E-state index in [2.05, 4.69) is 50.1 Å². The summed E-state index contributed by atoms with van der Waals surface area (Å²) in [5.74, 6) is -0.0228. The normalized spacial score (nSPS) is 19.7. The van der Waals surface area contributed by atoms with Crippen molar-refractivity contribution in [1.82, 2.24) is 34.6 Å². The highest BCUT2D eigenvalue weighted by Crippen LogP contribution is 2.38. The van der Waals surface area contributed by atoms with Gasteiger partial charge >= 0.3 is 6.03 Å². The van der Waals surface area contributed by atoms with Crippen molar-refractivity contribution in [1.29, 1.82) is 0 Å². The standard InChI is InChI=1S/C40H48ClN7O2/c1-29-25-45(28-43-29)20-9-21-47(26-30-10-4-2-5-11-30)39(49)36-27-46(22-23-48(36)40(50)44-34-13-6-3-7-14-34)38-35-18-17-33(41)24-32(35)16-15-31-12-8-19-42-37(31)38/h2,4-5,8,10-12,17-19,24-25,28,34,36,38H,3,6-7,9,13-16,20-23,26-27H2,1H3,(H,44,50)/t36-,38+/m1/s1. The summed E-state index contributed by atoms with van der Waals surface area (Å²) in [4.78, 5) is 44.6. The molecule has 3 heterocycles. The summed E-state index contributed by atoms with van der Waals surface area (Å²) in [6.07, 6.45) is 13.7. The molecule has 2 aromatic carbocycles. The predicted molar refractivity (Wildman–Crippen MR) is 196 cm³/mol. The summed E-state index contributed by atoms with van der Waals surface area (Å²) < 4.78 is 2.08. The van der Waals surface area contributed by atoms with Gasteiger partial charge in [0.05, 0.1) is 23.8 Å². The second-order valence-electron chi connectivity index (χ2n) is 14.1. The van der Waals surface area contributed by atoms with E-state index in [1.807, 2.05) is 65.8 Å². The number of imidazole rings is 1. The maximum absolute atomic E-state index is 15.0. The molecule has 2 aliphatic carbocycles. The van der Waals surface area contributed by atoms with Crippen LogP contribution in [0.2, 0.25) is 5.02 Å². The third-order valence-corrected chi connectivity index (χ3v) is 10.9. The van der Waals surface area contributed by atoms with Gasteiger partial charge in [0.1, 0.15) is 6.04 Å². The van der Waals surface area contributed by atoms with Crippen LogP contribution in [0.1, 0.15) is 78.2 Å². The molecule has 262 valence electrons. The third kappa shape index (κ3) is 7.89. The lowest BCUT2D eigenvalue weighted by atomic mass is 9.94. The number of piperazine rings is 1. The zero-order valence-electron chi connectivity index (χ0n) is 29.0. The van der Waals surface area contributed by atoms with Crippen molar-refractivity contribution in [2.75, 3.05) is 26.2 Å². The van der Waals surface area contributed by atoms with Crippen molar-refractivity contribution < 1.29 is 9.59 Å². The van der Waals surface area contributed by atoms with Gasteiger partial charge in [-0.1, -0.05) is 73.3 Å². The summed E-state index contributed by atoms with van der Waals surface area (Å²) in [5, 5.41) is 4.05. The first-order valence-electron chi connectivity index (χ1n) is 18.3. The second kappa shape index (κ2) is 15.8. The summed E-state index contributed by atoms with van der Waals surface area (Å²) in [6, 6.07) is 19.7. The highest BCUT2D eigenvalue weighted by Gasteiger charge is 2.42. The van der Waals surface area contributed by atoms with E-state index in [-0.39, 0.29) is 24.0 Å². The average Bonchev–Trinajstić information content (AvgIpc) is 3.48. The number of amides is 3. The maximum atomic E-state index is 15.0. The molecule has 2 atom stereocenters. The Labute approximate surface area is 300 Å². The lowest BCUT2D eigenvalue weighted by Crippen LogP contribution is -2.64. The SMILES string of the molecule is Cc1cn(CCCN(Cc2ccccc2)C(=O)[C@H]2CN([C@H]3c4ccc(Cl)cc4CCc4cccnc43)CCN2C(=O)NC2CCCCC2)cn1. The quantitative estimate of drug-likeness (QED) is 0.214. The van der Waals surface area contributed by atoms with Crippen molar-refractivity contribution in [3.8, 4) is 0 Å². The Morgan fingerprint density at radius 2 is 1.78 bits per heavy atom. The van der Waals surface area contributed by atoms with E-state index in [1.54, 1.807) is 0 Å². The Hall–Kier alpha value is -4.21. The molecule has 0 bridgehead atoms. The van der Waals surface area contributed by atoms with Crippen molar-refractivity contribution in [2.24, 2.45) is 0 Å². The zero-order valence-corrected chi connectivity index (χ0v) is 29.8. The highest BCUT2D eigenvalue weighted by atomic mass is 35.5. The fraction of sp³-hybridized carbons (Fsp3) is 0.450. The van der Waals surface area contributed by atoms with Crippen LogP contribution in [0.15, 0.2) is 79.4 Å². The van der Waals surface area contributed by atoms with Crippen molar-refractivity contribution in [3.05, 3.63) is 118 Å². The number of nitrogens with one attached hydrogen (secondary N) is 1. The molecule has 0 unspecified atom stereocenters. The van der Waals surface area contributed by atoms with E-state index in [9.17, 15) is 4.79 Å². The number of aromatic nitrogens is 3. The topological polar surface area (TPSA) is 86.6 Å². The number of hydrogen-bond acceptors (Lipinski definition) is 5. The van der Waals surface area contributed by atoms with E-state index in [0.29, 0.717) is 32.7 Å². The van der Waals surface area contributed by atoms with Crippen LogP contribution in [-0.4, -0.2) is 79.4 Å². The van der Waals surface area contributed by atoms with Gasteiger partial charge in [-0.15, -0.1) is 0 Å². The van der Waals surface area contributed by atoms with E-state index in [4.69, 9.17) is 16.6 Å². The Balaban J connectivity index is 1.21. The molecule has 0 spiro atoms. The number of rotatable bonds is 9. The second-order valence-corrected chi connectivity index (χ2v) is 14.6. The smallest absolute Gasteiger partial charge is 0.318 e. The van der Waals surface area contributed by atoms with Crippen molar-refractivity contribution in [2.45, 2.75) is 89.5 Å². The van der Waals surface area contributed by atoms with Gasteiger partial charge in [0.15, 0.2) is 0 Å². The number of fused-ring (bicyclic) bond motifs is 2. The summed E-state index contributed by atoms with van der Waals surface area (Å²) in [5.41, 5.74) is 6.67. The molecular weight excluding hydrogens is 646 g/mol. The fourth-order valence-corrected chi connectivity index (χ4v) is 8.26. The monoisotopic (exact) mass is 693 g/mol. The van der Waals surface area contributed by atoms with E-state index in [1.165, 1.54) is 23.1 Å². The Bertz CT molecular complexity index is 1770. The minimum absolute atomic E-state index is 0.0228. The van der Waals surface area contributed by atoms with E-state index < -0.39 is 6.04 Å². The van der Waals surface area contributed by atoms with Crippen molar-refractivity contribution in [3.63, 3.8) is 0 Å². The summed E-state index contributed by atoms with van der Waals surface area (Å²) >= 11 is 6.52. The minimum Gasteiger partial charge on any atom is -0.337 e. The van der Waals surface area contributed by atoms with E-state index >= 15 is 4.79 Å². The number of pyridine rings is 1. The number of hydrogen-bond donors (Lipinski definition) is 1. The molecule has 1 N–H and O–H groups in total. The molecule has 2 fully saturated rings. The predicted octanol–water partition coefficient (Wildman–Crippen LogP) is 6.58. The minimum atomic E-state index is -0.655. The molecule has 10 heteroatoms. The first-order chi connectivity index (χ1) is 24.4. The number of benzene rings is 2. The lowest BCUT2D eigenvalue weighted by molar-refractivity contribution is -0.139. The Morgan fingerprint density at radius 3 is 2.58 bits per heavy atom. The van der Waals surface area contributed by atoms with Crippen LogP contribution in [0.25, 0.3) is 0 Å². The van der Waals surface area contributed by atoms with Crippen LogP contribution in [0, 0.1) is 6.92 Å². The molecule has 3 aliphatic rings. The number of urea groups is 1. The van der Waals surface area contributed by atoms with Gasteiger partial charge < -0.3 is 19.7 Å². The van der Waals surface area contributed by atoms with Crippen molar-refractivity contribution >= 4 is 23.5 Å². The largest absolute Gasteiger partial charge is 0.337 e. The summed E-state index contributed by atoms with van der Waals surface area (Å²) in [6.45, 7) is 5.27. The van der Waals surface area contributed by atoms with Crippen LogP contribution in [0.3, 0.4) is 0 Å². The Morgan fingerprint density at radius 1 is 0.960 bits per heavy atom. The molecular formula is C40H48ClN7O2. The number of nitrogens with zero attached hydrogens (tertiary/aromatic N) is 6. The average molecular weight is 694 g/mol. The number of carbonyl (C=O) groups is 2. The third-order valence-electron chi connectivity index (χ3n) is 10.6. The number of carbonyl (C=O) groups excluding carboxylic acids is 2. The molecule has 7 rings (SSSR count). The molecule has 1 saturated carbocycles. The van der Waals surface area contributed by atoms with Crippen LogP contribution < -0.4 is 5.32 Å². The molecule has 4 aromatic rings. The van der Waals surface area contributed by atoms with E-state index in [0.717, 1.165) is 73.5 Å². The number of aryl methyl sites for hydroxylation is 4. The van der Waals surface area contributed by atoms with Crippen LogP contribution in [0.5, 0.6) is 0 Å². The van der Waals surface area contributed by atoms with Gasteiger partial charge in [-0.2, -0.15) is 0 Å². The molecule has 50 heavy (non-hydrogen) atoms. The molecule has 1 saturated heterocycles. The van der Waals surface area contributed by atoms with Crippen LogP contribution >= 0.6 is 11.6 Å². The Kier molecular flexibility index (Phi) is 10.8. The first-order valence-corrected chi connectivity index (χ1v) is 18.6.